The van der Waals surface area contributed by atoms with Crippen molar-refractivity contribution in [2.24, 2.45) is 0 Å². The minimum absolute atomic E-state index is 0.291. The van der Waals surface area contributed by atoms with E-state index in [1.54, 1.807) is 44.0 Å². The number of ether oxygens (including phenoxy) is 2. The molecule has 2 aromatic heterocycles. The molecule has 3 aromatic rings. The average Bonchev–Trinajstić information content (AvgIpc) is 3.12. The Morgan fingerprint density at radius 1 is 1.12 bits per heavy atom. The minimum atomic E-state index is -0.291. The van der Waals surface area contributed by atoms with Crippen LogP contribution in [-0.4, -0.2) is 30.1 Å². The first-order valence-corrected chi connectivity index (χ1v) is 7.99. The molecule has 3 rings (SSSR count). The number of nitrogens with one attached hydrogen (secondary N) is 1. The summed E-state index contributed by atoms with van der Waals surface area (Å²) in [6, 6.07) is 10.7. The number of rotatable bonds is 5. The smallest absolute Gasteiger partial charge is 0.275 e. The van der Waals surface area contributed by atoms with Gasteiger partial charge in [-0.25, -0.2) is 4.98 Å². The third-order valence-corrected chi connectivity index (χ3v) is 4.13. The monoisotopic (exact) mass is 341 g/mol. The molecule has 24 heavy (non-hydrogen) atoms. The number of nitrogens with zero attached hydrogens (tertiary/aromatic N) is 2. The van der Waals surface area contributed by atoms with Crippen molar-refractivity contribution in [1.29, 1.82) is 0 Å². The molecule has 0 atom stereocenters. The summed E-state index contributed by atoms with van der Waals surface area (Å²) >= 11 is 1.38. The quantitative estimate of drug-likeness (QED) is 0.769. The molecule has 0 saturated carbocycles. The zero-order chi connectivity index (χ0) is 16.9. The Balaban J connectivity index is 1.77. The summed E-state index contributed by atoms with van der Waals surface area (Å²) in [5.74, 6) is 0.852. The number of carbonyl (C=O) groups excluding carboxylic acids is 1. The van der Waals surface area contributed by atoms with Crippen LogP contribution in [-0.2, 0) is 0 Å². The summed E-state index contributed by atoms with van der Waals surface area (Å²) in [6.07, 6.45) is 1.69. The molecule has 0 bridgehead atoms. The largest absolute Gasteiger partial charge is 0.493 e. The van der Waals surface area contributed by atoms with Gasteiger partial charge in [0.15, 0.2) is 11.5 Å². The van der Waals surface area contributed by atoms with Crippen molar-refractivity contribution in [3.8, 4) is 22.2 Å². The lowest BCUT2D eigenvalue weighted by atomic mass is 10.2. The van der Waals surface area contributed by atoms with E-state index in [0.29, 0.717) is 27.9 Å². The van der Waals surface area contributed by atoms with E-state index in [1.807, 2.05) is 18.2 Å². The molecule has 1 N–H and O–H groups in total. The highest BCUT2D eigenvalue weighted by Crippen LogP contribution is 2.30. The predicted octanol–water partition coefficient (Wildman–Crippen LogP) is 3.47. The fourth-order valence-electron chi connectivity index (χ4n) is 2.09. The molecule has 0 radical (unpaired) electrons. The van der Waals surface area contributed by atoms with E-state index in [9.17, 15) is 4.79 Å². The van der Waals surface area contributed by atoms with E-state index in [4.69, 9.17) is 9.47 Å². The normalized spacial score (nSPS) is 10.2. The number of pyridine rings is 1. The summed E-state index contributed by atoms with van der Waals surface area (Å²) in [6.45, 7) is 0. The van der Waals surface area contributed by atoms with Crippen molar-refractivity contribution >= 4 is 22.9 Å². The Morgan fingerprint density at radius 2 is 1.96 bits per heavy atom. The number of aromatic nitrogens is 2. The summed E-state index contributed by atoms with van der Waals surface area (Å²) in [7, 11) is 3.10. The molecule has 122 valence electrons. The summed E-state index contributed by atoms with van der Waals surface area (Å²) in [5, 5.41) is 5.21. The zero-order valence-electron chi connectivity index (χ0n) is 13.1. The van der Waals surface area contributed by atoms with E-state index in [0.717, 1.165) is 5.69 Å². The average molecular weight is 341 g/mol. The Kier molecular flexibility index (Phi) is 4.72. The third kappa shape index (κ3) is 3.36. The second-order valence-corrected chi connectivity index (χ2v) is 5.63. The first-order chi connectivity index (χ1) is 11.7. The van der Waals surface area contributed by atoms with Gasteiger partial charge in [-0.15, -0.1) is 11.3 Å². The predicted molar refractivity (Wildman–Crippen MR) is 92.8 cm³/mol. The van der Waals surface area contributed by atoms with Crippen molar-refractivity contribution in [2.75, 3.05) is 19.5 Å². The lowest BCUT2D eigenvalue weighted by Crippen LogP contribution is -2.12. The number of thiazole rings is 1. The Hall–Kier alpha value is -2.93. The number of amides is 1. The molecule has 1 aromatic carbocycles. The van der Waals surface area contributed by atoms with Crippen LogP contribution in [0.3, 0.4) is 0 Å². The summed E-state index contributed by atoms with van der Waals surface area (Å²) in [5.41, 5.74) is 1.69. The van der Waals surface area contributed by atoms with Crippen LogP contribution in [0.25, 0.3) is 10.7 Å². The number of anilines is 1. The molecule has 0 spiro atoms. The molecule has 0 fully saturated rings. The second-order valence-electron chi connectivity index (χ2n) is 4.78. The van der Waals surface area contributed by atoms with Crippen molar-refractivity contribution in [3.05, 3.63) is 53.7 Å². The molecule has 0 aliphatic carbocycles. The van der Waals surface area contributed by atoms with Gasteiger partial charge in [-0.05, 0) is 24.3 Å². The molecule has 1 amide bonds. The minimum Gasteiger partial charge on any atom is -0.493 e. The van der Waals surface area contributed by atoms with Gasteiger partial charge in [0.25, 0.3) is 5.91 Å². The van der Waals surface area contributed by atoms with E-state index in [2.05, 4.69) is 15.3 Å². The molecule has 7 heteroatoms. The van der Waals surface area contributed by atoms with Crippen molar-refractivity contribution in [2.45, 2.75) is 0 Å². The highest BCUT2D eigenvalue weighted by Gasteiger charge is 2.14. The Bertz CT molecular complexity index is 849. The van der Waals surface area contributed by atoms with Crippen LogP contribution >= 0.6 is 11.3 Å². The first-order valence-electron chi connectivity index (χ1n) is 7.11. The van der Waals surface area contributed by atoms with E-state index in [1.165, 1.54) is 11.3 Å². The van der Waals surface area contributed by atoms with Crippen LogP contribution in [0.4, 0.5) is 5.69 Å². The van der Waals surface area contributed by atoms with Gasteiger partial charge < -0.3 is 14.8 Å². The van der Waals surface area contributed by atoms with Gasteiger partial charge in [-0.1, -0.05) is 6.07 Å². The molecule has 0 unspecified atom stereocenters. The van der Waals surface area contributed by atoms with E-state index < -0.39 is 0 Å². The van der Waals surface area contributed by atoms with Gasteiger partial charge in [-0.3, -0.25) is 9.78 Å². The van der Waals surface area contributed by atoms with Crippen LogP contribution in [0, 0.1) is 0 Å². The molecule has 0 aliphatic rings. The number of carbonyl (C=O) groups is 1. The van der Waals surface area contributed by atoms with Gasteiger partial charge in [0.2, 0.25) is 0 Å². The van der Waals surface area contributed by atoms with Crippen molar-refractivity contribution < 1.29 is 14.3 Å². The number of benzene rings is 1. The standard InChI is InChI=1S/C17H15N3O3S/c1-22-14-7-6-11(9-15(14)23-2)19-16(21)13-10-24-17(20-13)12-5-3-4-8-18-12/h3-10H,1-2H3,(H,19,21). The van der Waals surface area contributed by atoms with Crippen molar-refractivity contribution in [1.82, 2.24) is 9.97 Å². The fourth-order valence-corrected chi connectivity index (χ4v) is 2.87. The highest BCUT2D eigenvalue weighted by molar-refractivity contribution is 7.13. The summed E-state index contributed by atoms with van der Waals surface area (Å²) in [4.78, 5) is 20.9. The fraction of sp³-hybridized carbons (Fsp3) is 0.118. The van der Waals surface area contributed by atoms with Gasteiger partial charge in [-0.2, -0.15) is 0 Å². The van der Waals surface area contributed by atoms with Crippen LogP contribution in [0.2, 0.25) is 0 Å². The van der Waals surface area contributed by atoms with Crippen LogP contribution in [0.5, 0.6) is 11.5 Å². The number of hydrogen-bond donors (Lipinski definition) is 1. The Labute approximate surface area is 143 Å². The topological polar surface area (TPSA) is 73.3 Å². The Morgan fingerprint density at radius 3 is 2.67 bits per heavy atom. The van der Waals surface area contributed by atoms with Crippen LogP contribution in [0.15, 0.2) is 48.0 Å². The second kappa shape index (κ2) is 7.10. The maximum Gasteiger partial charge on any atom is 0.275 e. The van der Waals surface area contributed by atoms with Gasteiger partial charge in [0.05, 0.1) is 19.9 Å². The molecular formula is C17H15N3O3S. The lowest BCUT2D eigenvalue weighted by molar-refractivity contribution is 0.102. The van der Waals surface area contributed by atoms with E-state index >= 15 is 0 Å². The van der Waals surface area contributed by atoms with Crippen LogP contribution < -0.4 is 14.8 Å². The third-order valence-electron chi connectivity index (χ3n) is 3.26. The van der Waals surface area contributed by atoms with Crippen LogP contribution in [0.1, 0.15) is 10.5 Å². The molecule has 0 saturated heterocycles. The molecule has 2 heterocycles. The maximum absolute atomic E-state index is 12.4. The molecule has 0 aliphatic heterocycles. The van der Waals surface area contributed by atoms with Gasteiger partial charge in [0, 0.05) is 23.3 Å². The molecular weight excluding hydrogens is 326 g/mol. The zero-order valence-corrected chi connectivity index (χ0v) is 14.0. The highest BCUT2D eigenvalue weighted by atomic mass is 32.1. The summed E-state index contributed by atoms with van der Waals surface area (Å²) < 4.78 is 10.4. The molecule has 6 nitrogen and oxygen atoms in total. The first kappa shape index (κ1) is 15.9. The SMILES string of the molecule is COc1ccc(NC(=O)c2csc(-c3ccccn3)n2)cc1OC. The van der Waals surface area contributed by atoms with Gasteiger partial charge in [0.1, 0.15) is 10.7 Å². The van der Waals surface area contributed by atoms with Crippen molar-refractivity contribution in [3.63, 3.8) is 0 Å². The van der Waals surface area contributed by atoms with Gasteiger partial charge >= 0.3 is 0 Å². The number of hydrogen-bond acceptors (Lipinski definition) is 6. The lowest BCUT2D eigenvalue weighted by Gasteiger charge is -2.09. The van der Waals surface area contributed by atoms with E-state index in [-0.39, 0.29) is 5.91 Å². The number of methoxy groups -OCH3 is 2. The maximum atomic E-state index is 12.4.